The zero-order chi connectivity index (χ0) is 17.2. The number of carbonyl (C=O) groups excluding carboxylic acids is 2. The molecular formula is C17H30Cl3N5O2. The fraction of sp³-hybridized carbons (Fsp3) is 0.529. The summed E-state index contributed by atoms with van der Waals surface area (Å²) in [5.74, 6) is -0.501. The molecule has 7 nitrogen and oxygen atoms in total. The molecule has 2 amide bonds. The third kappa shape index (κ3) is 11.4. The van der Waals surface area contributed by atoms with E-state index in [9.17, 15) is 9.59 Å². The van der Waals surface area contributed by atoms with Gasteiger partial charge in [0, 0.05) is 45.8 Å². The molecule has 0 spiro atoms. The molecule has 1 aromatic rings. The quantitative estimate of drug-likeness (QED) is 0.537. The van der Waals surface area contributed by atoms with Gasteiger partial charge in [-0.2, -0.15) is 0 Å². The van der Waals surface area contributed by atoms with E-state index in [0.717, 1.165) is 39.3 Å². The summed E-state index contributed by atoms with van der Waals surface area (Å²) in [7, 11) is 0. The van der Waals surface area contributed by atoms with Gasteiger partial charge in [-0.15, -0.1) is 37.2 Å². The molecule has 0 radical (unpaired) electrons. The lowest BCUT2D eigenvalue weighted by atomic mass is 10.2. The fourth-order valence-corrected chi connectivity index (χ4v) is 2.68. The first-order valence-electron chi connectivity index (χ1n) is 8.39. The van der Waals surface area contributed by atoms with Crippen LogP contribution >= 0.6 is 37.2 Å². The Balaban J connectivity index is 0. The first-order valence-corrected chi connectivity index (χ1v) is 8.39. The minimum Gasteiger partial charge on any atom is -0.353 e. The number of hydrogen-bond acceptors (Lipinski definition) is 5. The molecule has 1 aromatic carbocycles. The van der Waals surface area contributed by atoms with Crippen molar-refractivity contribution in [2.75, 3.05) is 52.4 Å². The molecule has 27 heavy (non-hydrogen) atoms. The van der Waals surface area contributed by atoms with Crippen LogP contribution in [-0.4, -0.2) is 74.0 Å². The highest BCUT2D eigenvalue weighted by molar-refractivity contribution is 5.86. The third-order valence-electron chi connectivity index (χ3n) is 4.10. The van der Waals surface area contributed by atoms with Crippen molar-refractivity contribution in [1.82, 2.24) is 20.4 Å². The Morgan fingerprint density at radius 3 is 2.07 bits per heavy atom. The Morgan fingerprint density at radius 1 is 0.889 bits per heavy atom. The van der Waals surface area contributed by atoms with Crippen molar-refractivity contribution < 1.29 is 9.59 Å². The first kappa shape index (κ1) is 28.1. The second-order valence-electron chi connectivity index (χ2n) is 5.93. The van der Waals surface area contributed by atoms with Gasteiger partial charge in [0.2, 0.25) is 11.8 Å². The summed E-state index contributed by atoms with van der Waals surface area (Å²) < 4.78 is 0. The lowest BCUT2D eigenvalue weighted by molar-refractivity contribution is -0.125. The molecule has 1 saturated heterocycles. The third-order valence-corrected chi connectivity index (χ3v) is 4.10. The van der Waals surface area contributed by atoms with Gasteiger partial charge in [0.25, 0.3) is 0 Å². The predicted octanol–water partition coefficient (Wildman–Crippen LogP) is 0.261. The Labute approximate surface area is 179 Å². The van der Waals surface area contributed by atoms with E-state index >= 15 is 0 Å². The predicted molar refractivity (Wildman–Crippen MR) is 115 cm³/mol. The van der Waals surface area contributed by atoms with E-state index in [1.165, 1.54) is 5.56 Å². The topological polar surface area (TPSA) is 90.7 Å². The number of halogens is 3. The number of amides is 2. The van der Waals surface area contributed by atoms with Crippen LogP contribution in [0.3, 0.4) is 0 Å². The lowest BCUT2D eigenvalue weighted by Crippen LogP contribution is -2.48. The molecule has 0 unspecified atom stereocenters. The number of carbonyl (C=O) groups is 2. The number of piperazine rings is 1. The van der Waals surface area contributed by atoms with Gasteiger partial charge in [0.1, 0.15) is 0 Å². The minimum atomic E-state index is -0.320. The van der Waals surface area contributed by atoms with Crippen LogP contribution in [0.5, 0.6) is 0 Å². The standard InChI is InChI=1S/C17H27N5O2.3ClH/c18-12-16(23)20-13-17(24)19-6-7-21-8-10-22(11-9-21)14-15-4-2-1-3-5-15;;;/h1-5H,6-14,18H2,(H,19,24)(H,20,23);3*1H. The summed E-state index contributed by atoms with van der Waals surface area (Å²) >= 11 is 0. The Bertz CT molecular complexity index is 529. The zero-order valence-corrected chi connectivity index (χ0v) is 17.7. The van der Waals surface area contributed by atoms with Crippen molar-refractivity contribution in [2.24, 2.45) is 5.73 Å². The molecule has 1 fully saturated rings. The van der Waals surface area contributed by atoms with E-state index in [2.05, 4.69) is 44.7 Å². The molecule has 156 valence electrons. The molecule has 0 saturated carbocycles. The molecule has 1 aliphatic heterocycles. The van der Waals surface area contributed by atoms with E-state index < -0.39 is 0 Å². The van der Waals surface area contributed by atoms with E-state index in [1.807, 2.05) is 6.07 Å². The van der Waals surface area contributed by atoms with Gasteiger partial charge in [-0.25, -0.2) is 0 Å². The van der Waals surface area contributed by atoms with Gasteiger partial charge < -0.3 is 16.4 Å². The van der Waals surface area contributed by atoms with Gasteiger partial charge in [-0.3, -0.25) is 19.4 Å². The summed E-state index contributed by atoms with van der Waals surface area (Å²) in [6, 6.07) is 10.5. The Morgan fingerprint density at radius 2 is 1.48 bits per heavy atom. The van der Waals surface area contributed by atoms with Crippen LogP contribution in [0, 0.1) is 0 Å². The highest BCUT2D eigenvalue weighted by Gasteiger charge is 2.16. The molecule has 1 aliphatic rings. The van der Waals surface area contributed by atoms with Crippen molar-refractivity contribution in [1.29, 1.82) is 0 Å². The van der Waals surface area contributed by atoms with Crippen molar-refractivity contribution >= 4 is 49.0 Å². The van der Waals surface area contributed by atoms with Crippen molar-refractivity contribution in [3.05, 3.63) is 35.9 Å². The summed E-state index contributed by atoms with van der Waals surface area (Å²) in [5, 5.41) is 5.26. The van der Waals surface area contributed by atoms with Crippen LogP contribution < -0.4 is 16.4 Å². The Hall–Kier alpha value is -1.09. The van der Waals surface area contributed by atoms with Crippen molar-refractivity contribution in [2.45, 2.75) is 6.54 Å². The summed E-state index contributed by atoms with van der Waals surface area (Å²) in [5.41, 5.74) is 6.51. The summed E-state index contributed by atoms with van der Waals surface area (Å²) in [6.45, 7) is 6.39. The lowest BCUT2D eigenvalue weighted by Gasteiger charge is -2.34. The van der Waals surface area contributed by atoms with E-state index in [1.54, 1.807) is 0 Å². The van der Waals surface area contributed by atoms with Gasteiger partial charge in [-0.05, 0) is 5.56 Å². The number of nitrogens with two attached hydrogens (primary N) is 1. The molecule has 0 bridgehead atoms. The van der Waals surface area contributed by atoms with Crippen molar-refractivity contribution in [3.8, 4) is 0 Å². The molecule has 10 heteroatoms. The van der Waals surface area contributed by atoms with Crippen LogP contribution in [0.4, 0.5) is 0 Å². The Kier molecular flexibility index (Phi) is 16.6. The molecule has 0 aliphatic carbocycles. The first-order chi connectivity index (χ1) is 11.7. The number of hydrogen-bond donors (Lipinski definition) is 3. The maximum atomic E-state index is 11.6. The van der Waals surface area contributed by atoms with Crippen LogP contribution in [0.2, 0.25) is 0 Å². The van der Waals surface area contributed by atoms with E-state index in [4.69, 9.17) is 5.73 Å². The monoisotopic (exact) mass is 441 g/mol. The SMILES string of the molecule is Cl.Cl.Cl.NCC(=O)NCC(=O)NCCN1CCN(Cc2ccccc2)CC1. The van der Waals surface area contributed by atoms with Crippen LogP contribution in [0.1, 0.15) is 5.56 Å². The molecule has 0 atom stereocenters. The van der Waals surface area contributed by atoms with Gasteiger partial charge in [0.15, 0.2) is 0 Å². The van der Waals surface area contributed by atoms with E-state index in [0.29, 0.717) is 6.54 Å². The summed E-state index contributed by atoms with van der Waals surface area (Å²) in [4.78, 5) is 27.3. The summed E-state index contributed by atoms with van der Waals surface area (Å²) in [6.07, 6.45) is 0. The molecule has 4 N–H and O–H groups in total. The molecule has 0 aromatic heterocycles. The maximum absolute atomic E-state index is 11.6. The molecule has 2 rings (SSSR count). The highest BCUT2D eigenvalue weighted by atomic mass is 35.5. The average molecular weight is 443 g/mol. The largest absolute Gasteiger partial charge is 0.353 e. The van der Waals surface area contributed by atoms with E-state index in [-0.39, 0.29) is 62.1 Å². The highest BCUT2D eigenvalue weighted by Crippen LogP contribution is 2.07. The normalized spacial score (nSPS) is 14.1. The molecular weight excluding hydrogens is 413 g/mol. The second kappa shape index (κ2) is 15.9. The van der Waals surface area contributed by atoms with Gasteiger partial charge >= 0.3 is 0 Å². The minimum absolute atomic E-state index is 0. The van der Waals surface area contributed by atoms with Gasteiger partial charge in [0.05, 0.1) is 13.1 Å². The van der Waals surface area contributed by atoms with Crippen LogP contribution in [-0.2, 0) is 16.1 Å². The smallest absolute Gasteiger partial charge is 0.239 e. The number of nitrogens with one attached hydrogen (secondary N) is 2. The molecule has 1 heterocycles. The van der Waals surface area contributed by atoms with Crippen molar-refractivity contribution in [3.63, 3.8) is 0 Å². The average Bonchev–Trinajstić information content (AvgIpc) is 2.62. The van der Waals surface area contributed by atoms with Gasteiger partial charge in [-0.1, -0.05) is 30.3 Å². The second-order valence-corrected chi connectivity index (χ2v) is 5.93. The number of nitrogens with zero attached hydrogens (tertiary/aromatic N) is 2. The number of rotatable bonds is 8. The van der Waals surface area contributed by atoms with Crippen LogP contribution in [0.15, 0.2) is 30.3 Å². The number of benzene rings is 1. The maximum Gasteiger partial charge on any atom is 0.239 e. The fourth-order valence-electron chi connectivity index (χ4n) is 2.68. The zero-order valence-electron chi connectivity index (χ0n) is 15.3. The van der Waals surface area contributed by atoms with Crippen LogP contribution in [0.25, 0.3) is 0 Å².